The van der Waals surface area contributed by atoms with Crippen LogP contribution in [0.1, 0.15) is 22.7 Å². The van der Waals surface area contributed by atoms with Crippen molar-refractivity contribution in [1.29, 1.82) is 0 Å². The largest absolute Gasteiger partial charge is 0.507 e. The van der Waals surface area contributed by atoms with E-state index in [0.717, 1.165) is 0 Å². The summed E-state index contributed by atoms with van der Waals surface area (Å²) in [5, 5.41) is 20.6. The van der Waals surface area contributed by atoms with Crippen LogP contribution >= 0.6 is 0 Å². The molecule has 0 aliphatic rings. The molecule has 88 valence electrons. The van der Waals surface area contributed by atoms with Crippen LogP contribution in [0.3, 0.4) is 0 Å². The number of hydrogen-bond acceptors (Lipinski definition) is 5. The van der Waals surface area contributed by atoms with Crippen molar-refractivity contribution in [3.8, 4) is 5.75 Å². The topological polar surface area (TPSA) is 115 Å². The number of phenolic OH excluding ortho intramolecular Hbond substituents is 1. The van der Waals surface area contributed by atoms with Crippen molar-refractivity contribution in [2.75, 3.05) is 6.54 Å². The second-order valence-corrected chi connectivity index (χ2v) is 3.70. The number of nitro groups is 1. The molecule has 1 rings (SSSR count). The lowest BCUT2D eigenvalue weighted by atomic mass is 9.96. The van der Waals surface area contributed by atoms with Crippen molar-refractivity contribution in [3.05, 3.63) is 32.9 Å². The van der Waals surface area contributed by atoms with Crippen molar-refractivity contribution < 1.29 is 10.0 Å². The number of hydrogen-bond donors (Lipinski definition) is 3. The molecule has 0 saturated heterocycles. The molecule has 1 atom stereocenters. The molecule has 6 heteroatoms. The second-order valence-electron chi connectivity index (χ2n) is 3.70. The highest BCUT2D eigenvalue weighted by atomic mass is 16.6. The van der Waals surface area contributed by atoms with E-state index in [0.29, 0.717) is 16.7 Å². The molecule has 5 N–H and O–H groups in total. The molecule has 0 unspecified atom stereocenters. The van der Waals surface area contributed by atoms with Gasteiger partial charge in [-0.3, -0.25) is 10.1 Å². The van der Waals surface area contributed by atoms with Gasteiger partial charge in [0.05, 0.1) is 4.92 Å². The Labute approximate surface area is 93.0 Å². The maximum atomic E-state index is 10.8. The molecule has 1 aromatic rings. The highest BCUT2D eigenvalue weighted by Crippen LogP contribution is 2.35. The number of nitrogens with zero attached hydrogens (tertiary/aromatic N) is 1. The Morgan fingerprint density at radius 3 is 2.56 bits per heavy atom. The maximum Gasteiger partial charge on any atom is 0.273 e. The summed E-state index contributed by atoms with van der Waals surface area (Å²) in [4.78, 5) is 10.3. The van der Waals surface area contributed by atoms with Gasteiger partial charge in [0, 0.05) is 29.8 Å². The summed E-state index contributed by atoms with van der Waals surface area (Å²) in [5.41, 5.74) is 12.2. The minimum atomic E-state index is -0.599. The normalized spacial score (nSPS) is 12.5. The van der Waals surface area contributed by atoms with Crippen LogP contribution < -0.4 is 11.5 Å². The molecule has 0 fully saturated rings. The van der Waals surface area contributed by atoms with Gasteiger partial charge in [-0.05, 0) is 19.4 Å². The van der Waals surface area contributed by atoms with Crippen LogP contribution in [0.15, 0.2) is 6.07 Å². The summed E-state index contributed by atoms with van der Waals surface area (Å²) >= 11 is 0. The van der Waals surface area contributed by atoms with E-state index in [-0.39, 0.29) is 18.0 Å². The summed E-state index contributed by atoms with van der Waals surface area (Å²) in [6.07, 6.45) is 0. The highest BCUT2D eigenvalue weighted by molar-refractivity contribution is 5.56. The number of benzene rings is 1. The number of rotatable bonds is 3. The second kappa shape index (κ2) is 4.46. The van der Waals surface area contributed by atoms with E-state index in [1.807, 2.05) is 0 Å². The summed E-state index contributed by atoms with van der Waals surface area (Å²) in [6, 6.07) is 0.732. The molecule has 0 aromatic heterocycles. The monoisotopic (exact) mass is 225 g/mol. The lowest BCUT2D eigenvalue weighted by Gasteiger charge is -2.16. The first-order valence-corrected chi connectivity index (χ1v) is 4.83. The third-order valence-corrected chi connectivity index (χ3v) is 2.59. The molecular formula is C10H15N3O3. The average molecular weight is 225 g/mol. The minimum absolute atomic E-state index is 0.0129. The van der Waals surface area contributed by atoms with Gasteiger partial charge in [0.25, 0.3) is 5.69 Å². The molecule has 6 nitrogen and oxygen atoms in total. The van der Waals surface area contributed by atoms with Crippen LogP contribution in [0.25, 0.3) is 0 Å². The van der Waals surface area contributed by atoms with E-state index >= 15 is 0 Å². The maximum absolute atomic E-state index is 10.8. The summed E-state index contributed by atoms with van der Waals surface area (Å²) in [6.45, 7) is 3.27. The Morgan fingerprint density at radius 2 is 2.12 bits per heavy atom. The molecule has 0 aliphatic carbocycles. The van der Waals surface area contributed by atoms with Crippen LogP contribution in [0.4, 0.5) is 5.69 Å². The number of phenols is 1. The summed E-state index contributed by atoms with van der Waals surface area (Å²) in [5.74, 6) is -0.0129. The molecule has 0 aliphatic heterocycles. The van der Waals surface area contributed by atoms with Gasteiger partial charge < -0.3 is 16.6 Å². The van der Waals surface area contributed by atoms with Gasteiger partial charge in [-0.25, -0.2) is 0 Å². The molecule has 16 heavy (non-hydrogen) atoms. The number of nitrogens with two attached hydrogens (primary N) is 2. The zero-order chi connectivity index (χ0) is 12.5. The van der Waals surface area contributed by atoms with Gasteiger partial charge in [0.2, 0.25) is 0 Å². The minimum Gasteiger partial charge on any atom is -0.507 e. The third-order valence-electron chi connectivity index (χ3n) is 2.59. The van der Waals surface area contributed by atoms with E-state index in [2.05, 4.69) is 0 Å². The van der Waals surface area contributed by atoms with Gasteiger partial charge in [0.1, 0.15) is 5.75 Å². The number of aromatic hydroxyl groups is 1. The fourth-order valence-electron chi connectivity index (χ4n) is 1.67. The van der Waals surface area contributed by atoms with E-state index in [9.17, 15) is 15.2 Å². The van der Waals surface area contributed by atoms with Gasteiger partial charge >= 0.3 is 0 Å². The van der Waals surface area contributed by atoms with Gasteiger partial charge in [0.15, 0.2) is 0 Å². The van der Waals surface area contributed by atoms with E-state index in [4.69, 9.17) is 11.5 Å². The van der Waals surface area contributed by atoms with Crippen LogP contribution in [-0.4, -0.2) is 16.6 Å². The fourth-order valence-corrected chi connectivity index (χ4v) is 1.67. The quantitative estimate of drug-likeness (QED) is 0.521. The predicted octanol–water partition coefficient (Wildman–Crippen LogP) is 0.876. The molecule has 0 amide bonds. The molecule has 0 spiro atoms. The van der Waals surface area contributed by atoms with E-state index in [1.165, 1.54) is 6.07 Å². The van der Waals surface area contributed by atoms with Crippen LogP contribution in [0.5, 0.6) is 5.75 Å². The van der Waals surface area contributed by atoms with Gasteiger partial charge in [-0.2, -0.15) is 0 Å². The SMILES string of the molecule is Cc1cc([N+](=O)[O-])c(C)c([C@H](N)CN)c1O. The summed E-state index contributed by atoms with van der Waals surface area (Å²) < 4.78 is 0. The average Bonchev–Trinajstić information content (AvgIpc) is 2.22. The molecule has 0 radical (unpaired) electrons. The Hall–Kier alpha value is -1.66. The highest BCUT2D eigenvalue weighted by Gasteiger charge is 2.22. The first-order chi connectivity index (χ1) is 7.40. The lowest BCUT2D eigenvalue weighted by molar-refractivity contribution is -0.385. The molecular weight excluding hydrogens is 210 g/mol. The number of aryl methyl sites for hydroxylation is 1. The van der Waals surface area contributed by atoms with Crippen LogP contribution in [-0.2, 0) is 0 Å². The molecule has 0 heterocycles. The lowest BCUT2D eigenvalue weighted by Crippen LogP contribution is -2.22. The smallest absolute Gasteiger partial charge is 0.273 e. The molecule has 0 bridgehead atoms. The van der Waals surface area contributed by atoms with Crippen molar-refractivity contribution in [2.24, 2.45) is 11.5 Å². The van der Waals surface area contributed by atoms with Gasteiger partial charge in [-0.1, -0.05) is 0 Å². The third kappa shape index (κ3) is 1.98. The fraction of sp³-hybridized carbons (Fsp3) is 0.400. The van der Waals surface area contributed by atoms with Crippen molar-refractivity contribution in [3.63, 3.8) is 0 Å². The van der Waals surface area contributed by atoms with Crippen molar-refractivity contribution in [2.45, 2.75) is 19.9 Å². The Balaban J connectivity index is 3.51. The number of nitro benzene ring substituents is 1. The zero-order valence-electron chi connectivity index (χ0n) is 9.23. The Bertz CT molecular complexity index is 432. The Morgan fingerprint density at radius 1 is 1.56 bits per heavy atom. The van der Waals surface area contributed by atoms with Crippen LogP contribution in [0.2, 0.25) is 0 Å². The Kier molecular flexibility index (Phi) is 3.46. The van der Waals surface area contributed by atoms with Crippen LogP contribution in [0, 0.1) is 24.0 Å². The van der Waals surface area contributed by atoms with Crippen molar-refractivity contribution in [1.82, 2.24) is 0 Å². The molecule has 0 saturated carbocycles. The van der Waals surface area contributed by atoms with Crippen molar-refractivity contribution >= 4 is 5.69 Å². The predicted molar refractivity (Wildman–Crippen MR) is 60.2 cm³/mol. The standard InChI is InChI=1S/C10H15N3O3/c1-5-3-8(13(15)16)6(2)9(10(5)14)7(12)4-11/h3,7,14H,4,11-12H2,1-2H3/t7-/m1/s1. The first-order valence-electron chi connectivity index (χ1n) is 4.83. The summed E-state index contributed by atoms with van der Waals surface area (Å²) in [7, 11) is 0. The van der Waals surface area contributed by atoms with E-state index < -0.39 is 11.0 Å². The first kappa shape index (κ1) is 12.4. The van der Waals surface area contributed by atoms with E-state index in [1.54, 1.807) is 13.8 Å². The molecule has 1 aromatic carbocycles. The van der Waals surface area contributed by atoms with Gasteiger partial charge in [-0.15, -0.1) is 0 Å². The zero-order valence-corrected chi connectivity index (χ0v) is 9.23.